The highest BCUT2D eigenvalue weighted by atomic mass is 79.9. The van der Waals surface area contributed by atoms with E-state index in [4.69, 9.17) is 57.2 Å². The van der Waals surface area contributed by atoms with Crippen LogP contribution in [-0.4, -0.2) is 68.3 Å². The molecule has 0 radical (unpaired) electrons. The van der Waals surface area contributed by atoms with Gasteiger partial charge in [-0.25, -0.2) is 19.2 Å². The van der Waals surface area contributed by atoms with Gasteiger partial charge in [0.1, 0.15) is 88.2 Å². The largest absolute Gasteiger partial charge is 0.514 e. The number of hydrogen-bond acceptors (Lipinski definition) is 16. The highest BCUT2D eigenvalue weighted by molar-refractivity contribution is 9.10. The van der Waals surface area contributed by atoms with Gasteiger partial charge in [-0.15, -0.1) is 12.3 Å². The molecule has 0 spiro atoms. The highest BCUT2D eigenvalue weighted by Gasteiger charge is 2.21. The summed E-state index contributed by atoms with van der Waals surface area (Å²) in [6.07, 6.45) is -0.718. The zero-order valence-electron chi connectivity index (χ0n) is 57.8. The molecule has 95 heavy (non-hydrogen) atoms. The topological polar surface area (TPSA) is 190 Å². The van der Waals surface area contributed by atoms with Gasteiger partial charge < -0.3 is 57.2 Å². The Balaban J connectivity index is 0.000000627. The Morgan fingerprint density at radius 1 is 0.400 bits per heavy atom. The summed E-state index contributed by atoms with van der Waals surface area (Å²) in [6, 6.07) is 52.6. The van der Waals surface area contributed by atoms with E-state index in [2.05, 4.69) is 104 Å². The van der Waals surface area contributed by atoms with Crippen LogP contribution < -0.4 is 33.2 Å². The van der Waals surface area contributed by atoms with Crippen LogP contribution in [0.2, 0.25) is 39.3 Å². The van der Waals surface area contributed by atoms with Gasteiger partial charge in [0.15, 0.2) is 0 Å². The van der Waals surface area contributed by atoms with Gasteiger partial charge in [0.05, 0.1) is 16.1 Å². The predicted molar refractivity (Wildman–Crippen MR) is 390 cm³/mol. The smallest absolute Gasteiger partial charge is 0.508 e. The molecule has 516 valence electrons. The predicted octanol–water partition coefficient (Wildman–Crippen LogP) is 22.0. The molecule has 0 saturated carbocycles. The lowest BCUT2D eigenvalue weighted by Crippen LogP contribution is -2.25. The molecule has 0 aliphatic rings. The van der Waals surface area contributed by atoms with Crippen LogP contribution >= 0.6 is 15.9 Å². The van der Waals surface area contributed by atoms with Crippen LogP contribution in [0.15, 0.2) is 198 Å². The Hall–Kier alpha value is -8.79. The molecule has 0 aliphatic heterocycles. The lowest BCUT2D eigenvalue weighted by Gasteiger charge is -2.18. The number of benzene rings is 7. The number of phenols is 1. The summed E-state index contributed by atoms with van der Waals surface area (Å²) in [7, 11) is -2.05. The van der Waals surface area contributed by atoms with E-state index in [-0.39, 0.29) is 14.6 Å². The molecular weight excluding hydrogens is 1300 g/mol. The van der Waals surface area contributed by atoms with Crippen LogP contribution in [0, 0.1) is 0 Å². The third-order valence-electron chi connectivity index (χ3n) is 11.0. The third-order valence-corrected chi connectivity index (χ3v) is 13.9. The summed E-state index contributed by atoms with van der Waals surface area (Å²) < 4.78 is 58.6. The molecule has 19 heteroatoms. The summed E-state index contributed by atoms with van der Waals surface area (Å²) in [6.45, 7) is 40.2. The first-order chi connectivity index (χ1) is 43.7. The molecule has 7 aromatic carbocycles. The van der Waals surface area contributed by atoms with Crippen molar-refractivity contribution < 1.29 is 77.8 Å². The fourth-order valence-corrected chi connectivity index (χ4v) is 7.48. The van der Waals surface area contributed by atoms with E-state index in [1.807, 2.05) is 54.6 Å². The third kappa shape index (κ3) is 41.5. The first-order valence-electron chi connectivity index (χ1n) is 30.5. The standard InChI is InChI=1S/C23H30O4Si.C18H19BrO4.C18H20O4.C11H14O4.C5H12Si.CH4.H2/c1-23(2,3)27-22(24)26-21-13-11-20(12-14-21)25-17-19-9-7-18(8-10-19)15-16-28(4,5)6;1-18(2,3)23-17(20)22-16-10-8-15(9-11-16)21-12-13-4-6-14(19)7-5-13;1-18(2,3)22-17(19)21-16-11-9-15(10-12-16)20-13-14-7-5-4-6-8-14;1-11(2,3)15-10(13)14-9-6-4-8(12)5-7-9;1-5-6(2,3)4;;/h7-16H,17H2,1-6H3;4-11H,12H2,1-3H3;4-12H,13H2,1-3H3;4-7,12H,1-3H3;5H,1H2,2-4H3;1H4;1H. The second-order valence-electron chi connectivity index (χ2n) is 27.2. The van der Waals surface area contributed by atoms with Crippen molar-refractivity contribution in [2.75, 3.05) is 0 Å². The lowest BCUT2D eigenvalue weighted by molar-refractivity contribution is 0.0193. The Morgan fingerprint density at radius 2 is 0.653 bits per heavy atom. The molecule has 0 aromatic heterocycles. The number of aromatic hydroxyl groups is 1. The first-order valence-corrected chi connectivity index (χ1v) is 38.4. The van der Waals surface area contributed by atoms with Crippen molar-refractivity contribution in [2.45, 2.75) is 172 Å². The summed E-state index contributed by atoms with van der Waals surface area (Å²) in [5.74, 6) is 3.81. The molecule has 0 unspecified atom stereocenters. The van der Waals surface area contributed by atoms with E-state index >= 15 is 0 Å². The van der Waals surface area contributed by atoms with Crippen LogP contribution in [0.5, 0.6) is 46.0 Å². The second kappa shape index (κ2) is 39.2. The van der Waals surface area contributed by atoms with Crippen LogP contribution in [-0.2, 0) is 38.8 Å². The fourth-order valence-electron chi connectivity index (χ4n) is 6.52. The van der Waals surface area contributed by atoms with Crippen molar-refractivity contribution in [2.24, 2.45) is 0 Å². The minimum Gasteiger partial charge on any atom is -0.508 e. The van der Waals surface area contributed by atoms with Gasteiger partial charge >= 0.3 is 24.6 Å². The van der Waals surface area contributed by atoms with Crippen LogP contribution in [0.4, 0.5) is 19.2 Å². The van der Waals surface area contributed by atoms with Crippen molar-refractivity contribution in [1.29, 1.82) is 0 Å². The molecule has 0 bridgehead atoms. The molecule has 0 atom stereocenters. The van der Waals surface area contributed by atoms with Gasteiger partial charge in [0.25, 0.3) is 0 Å². The van der Waals surface area contributed by atoms with E-state index in [1.54, 1.807) is 156 Å². The van der Waals surface area contributed by atoms with Gasteiger partial charge in [-0.2, -0.15) is 0 Å². The summed E-state index contributed by atoms with van der Waals surface area (Å²) in [4.78, 5) is 46.0. The molecule has 0 saturated heterocycles. The second-order valence-corrected chi connectivity index (χ2v) is 38.3. The van der Waals surface area contributed by atoms with Crippen molar-refractivity contribution in [1.82, 2.24) is 0 Å². The van der Waals surface area contributed by atoms with E-state index in [9.17, 15) is 19.2 Å². The Kier molecular flexibility index (Phi) is 33.9. The van der Waals surface area contributed by atoms with Crippen molar-refractivity contribution in [3.63, 3.8) is 0 Å². The van der Waals surface area contributed by atoms with Gasteiger partial charge in [0.2, 0.25) is 0 Å². The van der Waals surface area contributed by atoms with E-state index in [1.165, 1.54) is 29.8 Å². The molecular formula is C76H101BrO16Si2. The van der Waals surface area contributed by atoms with Crippen molar-refractivity contribution in [3.05, 3.63) is 221 Å². The molecule has 0 fully saturated rings. The minimum absolute atomic E-state index is 0. The number of carbonyl (C=O) groups is 4. The van der Waals surface area contributed by atoms with Gasteiger partial charge in [-0.05, 0) is 215 Å². The molecule has 0 heterocycles. The summed E-state index contributed by atoms with van der Waals surface area (Å²) in [5.41, 5.74) is 6.56. The van der Waals surface area contributed by atoms with Crippen LogP contribution in [0.1, 0.15) is 114 Å². The lowest BCUT2D eigenvalue weighted by atomic mass is 10.1. The SMILES string of the molecule is C.C=C[Si](C)(C)C.CC(C)(C)OC(=O)Oc1ccc(O)cc1.CC(C)(C)OC(=O)Oc1ccc(OCc2ccc(Br)cc2)cc1.CC(C)(C)OC(=O)Oc1ccc(OCc2ccc(C=C[Si](C)(C)C)cc2)cc1.CC(C)(C)OC(=O)Oc1ccc(OCc2ccccc2)cc1.[HH]. The summed E-state index contributed by atoms with van der Waals surface area (Å²) in [5, 5.41) is 9.01. The number of carbonyl (C=O) groups excluding carboxylic acids is 4. The maximum absolute atomic E-state index is 11.7. The number of phenolic OH excluding ortho intramolecular Hbond substituents is 1. The monoisotopic (exact) mass is 1400 g/mol. The van der Waals surface area contributed by atoms with Crippen LogP contribution in [0.3, 0.4) is 0 Å². The Bertz CT molecular complexity index is 3420. The van der Waals surface area contributed by atoms with Crippen molar-refractivity contribution >= 4 is 62.8 Å². The average Bonchev–Trinajstić information content (AvgIpc) is 1.04. The maximum atomic E-state index is 11.7. The van der Waals surface area contributed by atoms with Crippen molar-refractivity contribution in [3.8, 4) is 46.0 Å². The Morgan fingerprint density at radius 3 is 0.916 bits per heavy atom. The molecule has 7 rings (SSSR count). The van der Waals surface area contributed by atoms with E-state index in [0.29, 0.717) is 60.1 Å². The normalized spacial score (nSPS) is 11.1. The van der Waals surface area contributed by atoms with E-state index in [0.717, 1.165) is 21.2 Å². The Labute approximate surface area is 576 Å². The number of ether oxygens (including phenoxy) is 11. The number of hydrogen-bond donors (Lipinski definition) is 1. The van der Waals surface area contributed by atoms with E-state index < -0.39 is 63.2 Å². The molecule has 7 aromatic rings. The first kappa shape index (κ1) is 82.3. The van der Waals surface area contributed by atoms with Gasteiger partial charge in [-0.3, -0.25) is 0 Å². The molecule has 0 amide bonds. The molecule has 0 aliphatic carbocycles. The maximum Gasteiger partial charge on any atom is 0.514 e. The summed E-state index contributed by atoms with van der Waals surface area (Å²) >= 11 is 3.39. The zero-order chi connectivity index (χ0) is 70.3. The van der Waals surface area contributed by atoms with Gasteiger partial charge in [-0.1, -0.05) is 141 Å². The van der Waals surface area contributed by atoms with Crippen LogP contribution in [0.25, 0.3) is 6.08 Å². The minimum atomic E-state index is -1.18. The number of halogens is 1. The zero-order valence-corrected chi connectivity index (χ0v) is 61.3. The molecule has 1 N–H and O–H groups in total. The molecule has 16 nitrogen and oxygen atoms in total. The number of rotatable bonds is 16. The average molecular weight is 1410 g/mol. The fraction of sp³-hybridized carbons (Fsp3) is 0.342. The van der Waals surface area contributed by atoms with Gasteiger partial charge in [0, 0.05) is 5.90 Å². The quantitative estimate of drug-likeness (QED) is 0.0416. The highest BCUT2D eigenvalue weighted by Crippen LogP contribution is 2.25.